The smallest absolute Gasteiger partial charge is 0.264 e. The minimum Gasteiger partial charge on any atom is -0.354 e. The largest absolute Gasteiger partial charge is 0.354 e. The molecule has 5 rings (SSSR count). The lowest BCUT2D eigenvalue weighted by atomic mass is 9.65. The summed E-state index contributed by atoms with van der Waals surface area (Å²) in [6, 6.07) is 24.7. The van der Waals surface area contributed by atoms with E-state index in [4.69, 9.17) is 17.3 Å². The van der Waals surface area contributed by atoms with Crippen molar-refractivity contribution in [1.82, 2.24) is 10.6 Å². The number of hydrogen-bond donors (Lipinski definition) is 2. The van der Waals surface area contributed by atoms with E-state index in [0.29, 0.717) is 5.11 Å². The normalized spacial score (nSPS) is 24.5. The van der Waals surface area contributed by atoms with Crippen LogP contribution in [0.5, 0.6) is 0 Å². The van der Waals surface area contributed by atoms with E-state index in [2.05, 4.69) is 42.5 Å². The Kier molecular flexibility index (Phi) is 5.84. The SMILES string of the molecule is CC1=NN(c2ccccc2)C(=O)C12C(c1ccc(Br)cc1)NC(=S)NC2c1ccc(Br)cc1. The van der Waals surface area contributed by atoms with Gasteiger partial charge in [-0.2, -0.15) is 10.1 Å². The molecular formula is C25H20Br2N4OS. The van der Waals surface area contributed by atoms with E-state index in [1.54, 1.807) is 0 Å². The third-order valence-electron chi connectivity index (χ3n) is 6.26. The summed E-state index contributed by atoms with van der Waals surface area (Å²) in [6.07, 6.45) is 0. The van der Waals surface area contributed by atoms with Crippen molar-refractivity contribution >= 4 is 66.5 Å². The Bertz CT molecular complexity index is 1190. The third kappa shape index (κ3) is 3.70. The highest BCUT2D eigenvalue weighted by Gasteiger charge is 2.62. The molecule has 5 nitrogen and oxygen atoms in total. The lowest BCUT2D eigenvalue weighted by Crippen LogP contribution is -2.63. The number of halogens is 2. The van der Waals surface area contributed by atoms with Gasteiger partial charge in [-0.15, -0.1) is 0 Å². The molecule has 2 atom stereocenters. The van der Waals surface area contributed by atoms with Crippen molar-refractivity contribution in [3.63, 3.8) is 0 Å². The molecule has 2 aliphatic heterocycles. The van der Waals surface area contributed by atoms with E-state index < -0.39 is 17.5 Å². The summed E-state index contributed by atoms with van der Waals surface area (Å²) in [4.78, 5) is 14.4. The second-order valence-electron chi connectivity index (χ2n) is 8.09. The molecule has 2 heterocycles. The highest BCUT2D eigenvalue weighted by molar-refractivity contribution is 9.10. The van der Waals surface area contributed by atoms with Gasteiger partial charge in [0.05, 0.1) is 23.5 Å². The molecule has 0 aliphatic carbocycles. The quantitative estimate of drug-likeness (QED) is 0.378. The van der Waals surface area contributed by atoms with Gasteiger partial charge in [0.1, 0.15) is 5.41 Å². The molecule has 1 fully saturated rings. The van der Waals surface area contributed by atoms with Crippen LogP contribution in [0.2, 0.25) is 0 Å². The molecule has 166 valence electrons. The molecule has 2 aliphatic rings. The fourth-order valence-corrected chi connectivity index (χ4v) is 5.48. The van der Waals surface area contributed by atoms with Crippen LogP contribution >= 0.6 is 44.1 Å². The number of amides is 1. The van der Waals surface area contributed by atoms with E-state index in [1.807, 2.05) is 85.8 Å². The average Bonchev–Trinajstić information content (AvgIpc) is 3.08. The first kappa shape index (κ1) is 22.3. The molecule has 2 N–H and O–H groups in total. The van der Waals surface area contributed by atoms with Crippen LogP contribution in [-0.2, 0) is 4.79 Å². The summed E-state index contributed by atoms with van der Waals surface area (Å²) >= 11 is 12.7. The maximum atomic E-state index is 14.4. The lowest BCUT2D eigenvalue weighted by Gasteiger charge is -2.47. The first-order chi connectivity index (χ1) is 15.9. The molecule has 0 radical (unpaired) electrons. The number of carbonyl (C=O) groups excluding carboxylic acids is 1. The van der Waals surface area contributed by atoms with Gasteiger partial charge in [-0.1, -0.05) is 74.3 Å². The lowest BCUT2D eigenvalue weighted by molar-refractivity contribution is -0.126. The number of hydrogen-bond acceptors (Lipinski definition) is 3. The zero-order chi connectivity index (χ0) is 23.2. The summed E-state index contributed by atoms with van der Waals surface area (Å²) in [5.41, 5.74) is 2.35. The number of benzene rings is 3. The van der Waals surface area contributed by atoms with Gasteiger partial charge in [0.15, 0.2) is 5.11 Å². The van der Waals surface area contributed by atoms with Gasteiger partial charge in [0, 0.05) is 8.95 Å². The Labute approximate surface area is 214 Å². The third-order valence-corrected chi connectivity index (χ3v) is 7.56. The Morgan fingerprint density at radius 1 is 0.848 bits per heavy atom. The number of anilines is 1. The van der Waals surface area contributed by atoms with Crippen molar-refractivity contribution in [3.05, 3.63) is 98.9 Å². The van der Waals surface area contributed by atoms with Crippen LogP contribution in [-0.4, -0.2) is 16.7 Å². The molecule has 0 aromatic heterocycles. The number of nitrogens with one attached hydrogen (secondary N) is 2. The Morgan fingerprint density at radius 3 is 1.82 bits per heavy atom. The van der Waals surface area contributed by atoms with E-state index in [0.717, 1.165) is 31.5 Å². The molecule has 0 saturated carbocycles. The van der Waals surface area contributed by atoms with Gasteiger partial charge in [0.25, 0.3) is 5.91 Å². The van der Waals surface area contributed by atoms with E-state index in [-0.39, 0.29) is 5.91 Å². The fraction of sp³-hybridized carbons (Fsp3) is 0.160. The van der Waals surface area contributed by atoms with Crippen LogP contribution < -0.4 is 15.6 Å². The van der Waals surface area contributed by atoms with Crippen molar-refractivity contribution in [2.24, 2.45) is 10.5 Å². The fourth-order valence-electron chi connectivity index (χ4n) is 4.72. The van der Waals surface area contributed by atoms with Crippen molar-refractivity contribution < 1.29 is 4.79 Å². The summed E-state index contributed by atoms with van der Waals surface area (Å²) in [7, 11) is 0. The van der Waals surface area contributed by atoms with E-state index in [1.165, 1.54) is 5.01 Å². The van der Waals surface area contributed by atoms with Crippen molar-refractivity contribution in [1.29, 1.82) is 0 Å². The molecule has 1 amide bonds. The van der Waals surface area contributed by atoms with Crippen LogP contribution in [0, 0.1) is 5.41 Å². The zero-order valence-electron chi connectivity index (χ0n) is 17.6. The first-order valence-corrected chi connectivity index (χ1v) is 12.4. The first-order valence-electron chi connectivity index (χ1n) is 10.4. The predicted octanol–water partition coefficient (Wildman–Crippen LogP) is 5.88. The van der Waals surface area contributed by atoms with Gasteiger partial charge in [-0.3, -0.25) is 4.79 Å². The second-order valence-corrected chi connectivity index (χ2v) is 10.3. The van der Waals surface area contributed by atoms with Crippen LogP contribution in [0.4, 0.5) is 5.69 Å². The van der Waals surface area contributed by atoms with Gasteiger partial charge in [-0.25, -0.2) is 0 Å². The number of para-hydroxylation sites is 1. The maximum absolute atomic E-state index is 14.4. The number of hydrazone groups is 1. The van der Waals surface area contributed by atoms with Gasteiger partial charge in [-0.05, 0) is 66.7 Å². The van der Waals surface area contributed by atoms with Gasteiger partial charge < -0.3 is 10.6 Å². The predicted molar refractivity (Wildman–Crippen MR) is 142 cm³/mol. The number of rotatable bonds is 3. The molecule has 3 aromatic carbocycles. The monoisotopic (exact) mass is 582 g/mol. The average molecular weight is 584 g/mol. The topological polar surface area (TPSA) is 56.7 Å². The van der Waals surface area contributed by atoms with Crippen LogP contribution in [0.1, 0.15) is 30.1 Å². The Balaban J connectivity index is 1.72. The highest BCUT2D eigenvalue weighted by Crippen LogP contribution is 2.52. The van der Waals surface area contributed by atoms with Gasteiger partial charge >= 0.3 is 0 Å². The summed E-state index contributed by atoms with van der Waals surface area (Å²) in [6.45, 7) is 1.93. The van der Waals surface area contributed by atoms with Crippen molar-refractivity contribution in [3.8, 4) is 0 Å². The standard InChI is InChI=1S/C25H20Br2N4OS/c1-15-25(23(32)31(30-15)20-5-3-2-4-6-20)21(16-7-11-18(26)12-8-16)28-24(33)29-22(25)17-9-13-19(27)14-10-17/h2-14,21-22H,1H3,(H2,28,29,33). The number of thiocarbonyl (C=S) groups is 1. The maximum Gasteiger partial charge on any atom is 0.264 e. The van der Waals surface area contributed by atoms with Crippen molar-refractivity contribution in [2.45, 2.75) is 19.0 Å². The molecule has 0 bridgehead atoms. The Morgan fingerprint density at radius 2 is 1.33 bits per heavy atom. The molecule has 3 aromatic rings. The van der Waals surface area contributed by atoms with Crippen molar-refractivity contribution in [2.75, 3.05) is 5.01 Å². The van der Waals surface area contributed by atoms with Gasteiger partial charge in [0.2, 0.25) is 0 Å². The summed E-state index contributed by atoms with van der Waals surface area (Å²) in [5.74, 6) is -0.102. The molecule has 33 heavy (non-hydrogen) atoms. The van der Waals surface area contributed by atoms with Crippen LogP contribution in [0.3, 0.4) is 0 Å². The number of nitrogens with zero attached hydrogens (tertiary/aromatic N) is 2. The number of carbonyl (C=O) groups is 1. The molecule has 8 heteroatoms. The molecular weight excluding hydrogens is 564 g/mol. The van der Waals surface area contributed by atoms with E-state index in [9.17, 15) is 4.79 Å². The minimum atomic E-state index is -1.03. The zero-order valence-corrected chi connectivity index (χ0v) is 21.6. The molecule has 2 unspecified atom stereocenters. The van der Waals surface area contributed by atoms with Crippen LogP contribution in [0.25, 0.3) is 0 Å². The molecule has 1 saturated heterocycles. The second kappa shape index (κ2) is 8.66. The van der Waals surface area contributed by atoms with Crippen LogP contribution in [0.15, 0.2) is 92.9 Å². The Hall–Kier alpha value is -2.55. The summed E-state index contributed by atoms with van der Waals surface area (Å²) < 4.78 is 1.94. The molecule has 1 spiro atoms. The highest BCUT2D eigenvalue weighted by atomic mass is 79.9. The minimum absolute atomic E-state index is 0.102. The summed E-state index contributed by atoms with van der Waals surface area (Å²) in [5, 5.41) is 13.6. The van der Waals surface area contributed by atoms with E-state index >= 15 is 0 Å².